The summed E-state index contributed by atoms with van der Waals surface area (Å²) in [5, 5.41) is 9.00. The fourth-order valence-electron chi connectivity index (χ4n) is 2.46. The predicted octanol–water partition coefficient (Wildman–Crippen LogP) is 2.74. The Labute approximate surface area is 137 Å². The average Bonchev–Trinajstić information content (AvgIpc) is 2.55. The van der Waals surface area contributed by atoms with Crippen LogP contribution in [0.1, 0.15) is 23.1 Å². The number of benzene rings is 2. The van der Waals surface area contributed by atoms with E-state index in [9.17, 15) is 8.42 Å². The first-order chi connectivity index (χ1) is 11.0. The minimum Gasteiger partial charge on any atom is -0.496 e. The number of rotatable bonds is 8. The molecule has 0 radical (unpaired) electrons. The van der Waals surface area contributed by atoms with Gasteiger partial charge in [-0.2, -0.15) is 0 Å². The number of aliphatic hydroxyl groups excluding tert-OH is 1. The van der Waals surface area contributed by atoms with E-state index in [1.807, 2.05) is 24.3 Å². The van der Waals surface area contributed by atoms with Crippen molar-refractivity contribution in [3.63, 3.8) is 0 Å². The molecule has 0 atom stereocenters. The highest BCUT2D eigenvalue weighted by Gasteiger charge is 2.12. The van der Waals surface area contributed by atoms with Crippen LogP contribution >= 0.6 is 0 Å². The van der Waals surface area contributed by atoms with Gasteiger partial charge in [0.15, 0.2) is 9.84 Å². The molecular weight excluding hydrogens is 312 g/mol. The lowest BCUT2D eigenvalue weighted by Gasteiger charge is -2.08. The van der Waals surface area contributed by atoms with E-state index in [2.05, 4.69) is 0 Å². The molecular formula is C18H22O4S. The fourth-order valence-corrected chi connectivity index (χ4v) is 3.89. The quantitative estimate of drug-likeness (QED) is 0.806. The van der Waals surface area contributed by atoms with E-state index in [0.29, 0.717) is 12.8 Å². The highest BCUT2D eigenvalue weighted by atomic mass is 32.2. The second-order valence-electron chi connectivity index (χ2n) is 5.48. The summed E-state index contributed by atoms with van der Waals surface area (Å²) in [4.78, 5) is 0. The van der Waals surface area contributed by atoms with Crippen LogP contribution in [0.15, 0.2) is 48.5 Å². The maximum absolute atomic E-state index is 12.2. The molecule has 2 aromatic rings. The lowest BCUT2D eigenvalue weighted by molar-refractivity contribution is 0.282. The minimum atomic E-state index is -3.15. The molecule has 0 heterocycles. The number of ether oxygens (including phenoxy) is 1. The van der Waals surface area contributed by atoms with Crippen molar-refractivity contribution in [1.82, 2.24) is 0 Å². The van der Waals surface area contributed by atoms with Crippen LogP contribution in [0.4, 0.5) is 0 Å². The number of hydrogen-bond acceptors (Lipinski definition) is 4. The van der Waals surface area contributed by atoms with E-state index >= 15 is 0 Å². The zero-order valence-corrected chi connectivity index (χ0v) is 14.1. The predicted molar refractivity (Wildman–Crippen MR) is 91.2 cm³/mol. The molecule has 0 aromatic heterocycles. The molecule has 0 spiro atoms. The van der Waals surface area contributed by atoms with Gasteiger partial charge in [-0.1, -0.05) is 42.5 Å². The van der Waals surface area contributed by atoms with Gasteiger partial charge < -0.3 is 9.84 Å². The Morgan fingerprint density at radius 1 is 1.00 bits per heavy atom. The number of sulfone groups is 1. The van der Waals surface area contributed by atoms with Crippen LogP contribution < -0.4 is 4.74 Å². The van der Waals surface area contributed by atoms with Crippen LogP contribution in [-0.4, -0.2) is 26.4 Å². The largest absolute Gasteiger partial charge is 0.496 e. The molecule has 5 heteroatoms. The Kier molecular flexibility index (Phi) is 6.19. The number of para-hydroxylation sites is 1. The monoisotopic (exact) mass is 334 g/mol. The van der Waals surface area contributed by atoms with Gasteiger partial charge >= 0.3 is 0 Å². The molecule has 2 rings (SSSR count). The normalized spacial score (nSPS) is 11.4. The lowest BCUT2D eigenvalue weighted by Crippen LogP contribution is -2.10. The van der Waals surface area contributed by atoms with Crippen LogP contribution in [0.25, 0.3) is 0 Å². The van der Waals surface area contributed by atoms with Crippen LogP contribution in [0.2, 0.25) is 0 Å². The smallest absolute Gasteiger partial charge is 0.154 e. The van der Waals surface area contributed by atoms with Gasteiger partial charge in [-0.3, -0.25) is 0 Å². The summed E-state index contributed by atoms with van der Waals surface area (Å²) in [5.74, 6) is 0.974. The Balaban J connectivity index is 1.90. The van der Waals surface area contributed by atoms with Crippen LogP contribution in [0, 0.1) is 0 Å². The maximum atomic E-state index is 12.2. The number of hydrogen-bond donors (Lipinski definition) is 1. The van der Waals surface area contributed by atoms with Crippen molar-refractivity contribution >= 4 is 9.84 Å². The second-order valence-corrected chi connectivity index (χ2v) is 7.67. The SMILES string of the molecule is COc1ccccc1CCCS(=O)(=O)Cc1ccc(CO)cc1. The summed E-state index contributed by atoms with van der Waals surface area (Å²) >= 11 is 0. The minimum absolute atomic E-state index is 0.0324. The highest BCUT2D eigenvalue weighted by molar-refractivity contribution is 7.90. The van der Waals surface area contributed by atoms with Crippen LogP contribution in [-0.2, 0) is 28.6 Å². The van der Waals surface area contributed by atoms with Gasteiger partial charge in [0.25, 0.3) is 0 Å². The molecule has 0 aliphatic rings. The van der Waals surface area contributed by atoms with E-state index in [0.717, 1.165) is 22.4 Å². The molecule has 1 N–H and O–H groups in total. The van der Waals surface area contributed by atoms with E-state index in [4.69, 9.17) is 9.84 Å². The molecule has 0 aliphatic heterocycles. The van der Waals surface area contributed by atoms with Gasteiger partial charge in [0.1, 0.15) is 5.75 Å². The first kappa shape index (κ1) is 17.5. The third-order valence-electron chi connectivity index (χ3n) is 3.69. The molecule has 23 heavy (non-hydrogen) atoms. The fraction of sp³-hybridized carbons (Fsp3) is 0.333. The Bertz CT molecular complexity index is 721. The van der Waals surface area contributed by atoms with Gasteiger partial charge in [-0.15, -0.1) is 0 Å². The van der Waals surface area contributed by atoms with E-state index < -0.39 is 9.84 Å². The maximum Gasteiger partial charge on any atom is 0.154 e. The molecule has 0 aliphatic carbocycles. The highest BCUT2D eigenvalue weighted by Crippen LogP contribution is 2.19. The summed E-state index contributed by atoms with van der Waals surface area (Å²) in [6.07, 6.45) is 1.24. The number of aryl methyl sites for hydroxylation is 1. The van der Waals surface area contributed by atoms with Crippen molar-refractivity contribution in [2.75, 3.05) is 12.9 Å². The lowest BCUT2D eigenvalue weighted by atomic mass is 10.1. The first-order valence-corrected chi connectivity index (χ1v) is 9.37. The van der Waals surface area contributed by atoms with Crippen LogP contribution in [0.5, 0.6) is 5.75 Å². The molecule has 0 amide bonds. The van der Waals surface area contributed by atoms with Gasteiger partial charge in [0, 0.05) is 0 Å². The summed E-state index contributed by atoms with van der Waals surface area (Å²) in [5.41, 5.74) is 2.55. The van der Waals surface area contributed by atoms with Gasteiger partial charge in [-0.05, 0) is 35.6 Å². The van der Waals surface area contributed by atoms with Crippen LogP contribution in [0.3, 0.4) is 0 Å². The third-order valence-corrected chi connectivity index (χ3v) is 5.37. The van der Waals surface area contributed by atoms with Gasteiger partial charge in [0.2, 0.25) is 0 Å². The van der Waals surface area contributed by atoms with Gasteiger partial charge in [-0.25, -0.2) is 8.42 Å². The second kappa shape index (κ2) is 8.13. The number of aliphatic hydroxyl groups is 1. The summed E-state index contributed by atoms with van der Waals surface area (Å²) in [6.45, 7) is -0.0358. The molecule has 4 nitrogen and oxygen atoms in total. The third kappa shape index (κ3) is 5.37. The van der Waals surface area contributed by atoms with Crippen molar-refractivity contribution < 1.29 is 18.3 Å². The Morgan fingerprint density at radius 2 is 1.65 bits per heavy atom. The summed E-state index contributed by atoms with van der Waals surface area (Å²) < 4.78 is 29.7. The summed E-state index contributed by atoms with van der Waals surface area (Å²) in [7, 11) is -1.53. The molecule has 0 fully saturated rings. The first-order valence-electron chi connectivity index (χ1n) is 7.55. The molecule has 124 valence electrons. The molecule has 0 saturated carbocycles. The zero-order valence-electron chi connectivity index (χ0n) is 13.2. The van der Waals surface area contributed by atoms with Gasteiger partial charge in [0.05, 0.1) is 25.2 Å². The Hall–Kier alpha value is -1.85. The molecule has 0 bridgehead atoms. The average molecular weight is 334 g/mol. The topological polar surface area (TPSA) is 63.6 Å². The van der Waals surface area contributed by atoms with E-state index in [-0.39, 0.29) is 18.1 Å². The van der Waals surface area contributed by atoms with Crippen molar-refractivity contribution in [3.05, 3.63) is 65.2 Å². The number of methoxy groups -OCH3 is 1. The van der Waals surface area contributed by atoms with E-state index in [1.165, 1.54) is 0 Å². The molecule has 2 aromatic carbocycles. The molecule has 0 unspecified atom stereocenters. The van der Waals surface area contributed by atoms with Crippen molar-refractivity contribution in [2.45, 2.75) is 25.2 Å². The standard InChI is InChI=1S/C18H22O4S/c1-22-18-7-3-2-5-17(18)6-4-12-23(20,21)14-16-10-8-15(13-19)9-11-16/h2-3,5,7-11,19H,4,6,12-14H2,1H3. The molecule has 0 saturated heterocycles. The van der Waals surface area contributed by atoms with Crippen molar-refractivity contribution in [1.29, 1.82) is 0 Å². The van der Waals surface area contributed by atoms with Crippen molar-refractivity contribution in [3.8, 4) is 5.75 Å². The zero-order chi connectivity index (χ0) is 16.7. The van der Waals surface area contributed by atoms with E-state index in [1.54, 1.807) is 31.4 Å². The Morgan fingerprint density at radius 3 is 2.30 bits per heavy atom. The summed E-state index contributed by atoms with van der Waals surface area (Å²) in [6, 6.07) is 14.7. The van der Waals surface area contributed by atoms with Crippen molar-refractivity contribution in [2.24, 2.45) is 0 Å².